The van der Waals surface area contributed by atoms with E-state index < -0.39 is 10.1 Å². The SMILES string of the molecule is CS(=O)(=O)Oc1ccccc1C(=O)CBr. The molecular weight excluding hydrogens is 284 g/mol. The third-order valence-corrected chi connectivity index (χ3v) is 2.54. The molecule has 0 saturated heterocycles. The molecule has 15 heavy (non-hydrogen) atoms. The fourth-order valence-corrected chi connectivity index (χ4v) is 1.78. The third kappa shape index (κ3) is 3.64. The van der Waals surface area contributed by atoms with Crippen LogP contribution >= 0.6 is 15.9 Å². The van der Waals surface area contributed by atoms with Crippen molar-refractivity contribution in [2.45, 2.75) is 0 Å². The van der Waals surface area contributed by atoms with Gasteiger partial charge in [-0.05, 0) is 12.1 Å². The molecule has 0 spiro atoms. The normalized spacial score (nSPS) is 11.1. The van der Waals surface area contributed by atoms with Crippen molar-refractivity contribution in [2.24, 2.45) is 0 Å². The van der Waals surface area contributed by atoms with Crippen molar-refractivity contribution in [1.82, 2.24) is 0 Å². The largest absolute Gasteiger partial charge is 0.382 e. The molecule has 0 heterocycles. The standard InChI is InChI=1S/C9H9BrO4S/c1-15(12,13)14-9-5-3-2-4-7(9)8(11)6-10/h2-5H,6H2,1H3. The minimum Gasteiger partial charge on any atom is -0.382 e. The number of rotatable bonds is 4. The second kappa shape index (κ2) is 4.76. The molecular formula is C9H9BrO4S. The average Bonchev–Trinajstić information content (AvgIpc) is 2.15. The number of ketones is 1. The lowest BCUT2D eigenvalue weighted by molar-refractivity contribution is 0.102. The quantitative estimate of drug-likeness (QED) is 0.480. The number of carbonyl (C=O) groups excluding carboxylic acids is 1. The van der Waals surface area contributed by atoms with E-state index in [0.29, 0.717) is 0 Å². The Morgan fingerprint density at radius 3 is 2.53 bits per heavy atom. The lowest BCUT2D eigenvalue weighted by atomic mass is 10.1. The summed E-state index contributed by atoms with van der Waals surface area (Å²) in [5.41, 5.74) is 0.250. The molecule has 0 aromatic heterocycles. The van der Waals surface area contributed by atoms with Gasteiger partial charge in [0.25, 0.3) is 0 Å². The summed E-state index contributed by atoms with van der Waals surface area (Å²) in [5, 5.41) is 0.122. The molecule has 0 aliphatic carbocycles. The van der Waals surface area contributed by atoms with Gasteiger partial charge in [0.1, 0.15) is 0 Å². The van der Waals surface area contributed by atoms with Gasteiger partial charge in [0.15, 0.2) is 11.5 Å². The van der Waals surface area contributed by atoms with Crippen LogP contribution in [0.1, 0.15) is 10.4 Å². The van der Waals surface area contributed by atoms with E-state index >= 15 is 0 Å². The van der Waals surface area contributed by atoms with Gasteiger partial charge >= 0.3 is 10.1 Å². The Hall–Kier alpha value is -0.880. The number of para-hydroxylation sites is 1. The number of alkyl halides is 1. The molecule has 0 bridgehead atoms. The minimum absolute atomic E-state index is 0.0597. The van der Waals surface area contributed by atoms with Crippen LogP contribution in [-0.4, -0.2) is 25.8 Å². The molecule has 0 aliphatic heterocycles. The van der Waals surface area contributed by atoms with Crippen LogP contribution in [0.15, 0.2) is 24.3 Å². The number of Topliss-reactive ketones (excluding diaryl/α,β-unsaturated/α-hetero) is 1. The second-order valence-corrected chi connectivity index (χ2v) is 4.98. The van der Waals surface area contributed by atoms with Crippen LogP contribution in [0.25, 0.3) is 0 Å². The van der Waals surface area contributed by atoms with Gasteiger partial charge in [-0.3, -0.25) is 4.79 Å². The molecule has 0 unspecified atom stereocenters. The molecule has 6 heteroatoms. The molecule has 0 amide bonds. The summed E-state index contributed by atoms with van der Waals surface area (Å²) in [6.45, 7) is 0. The van der Waals surface area contributed by atoms with Gasteiger partial charge in [0, 0.05) is 0 Å². The van der Waals surface area contributed by atoms with Crippen LogP contribution in [0.4, 0.5) is 0 Å². The van der Waals surface area contributed by atoms with Gasteiger partial charge < -0.3 is 4.18 Å². The fraction of sp³-hybridized carbons (Fsp3) is 0.222. The van der Waals surface area contributed by atoms with E-state index in [1.807, 2.05) is 0 Å². The zero-order valence-electron chi connectivity index (χ0n) is 7.94. The van der Waals surface area contributed by atoms with Crippen molar-refractivity contribution < 1.29 is 17.4 Å². The molecule has 0 atom stereocenters. The predicted molar refractivity (Wildman–Crippen MR) is 60.0 cm³/mol. The lowest BCUT2D eigenvalue weighted by Gasteiger charge is -2.06. The van der Waals surface area contributed by atoms with Gasteiger partial charge in [0.2, 0.25) is 0 Å². The highest BCUT2D eigenvalue weighted by atomic mass is 79.9. The van der Waals surface area contributed by atoms with Crippen LogP contribution in [0, 0.1) is 0 Å². The first-order valence-corrected chi connectivity index (χ1v) is 6.95. The van der Waals surface area contributed by atoms with Gasteiger partial charge in [-0.2, -0.15) is 8.42 Å². The van der Waals surface area contributed by atoms with Crippen molar-refractivity contribution in [3.63, 3.8) is 0 Å². The Morgan fingerprint density at radius 1 is 1.40 bits per heavy atom. The van der Waals surface area contributed by atoms with E-state index in [4.69, 9.17) is 0 Å². The smallest absolute Gasteiger partial charge is 0.306 e. The molecule has 0 fully saturated rings. The predicted octanol–water partition coefficient (Wildman–Crippen LogP) is 1.60. The molecule has 1 rings (SSSR count). The Kier molecular flexibility index (Phi) is 3.87. The molecule has 0 saturated carbocycles. The Labute approximate surface area is 96.5 Å². The Morgan fingerprint density at radius 2 is 2.00 bits per heavy atom. The van der Waals surface area contributed by atoms with E-state index in [1.165, 1.54) is 12.1 Å². The first kappa shape index (κ1) is 12.2. The summed E-state index contributed by atoms with van der Waals surface area (Å²) >= 11 is 3.01. The fourth-order valence-electron chi connectivity index (χ4n) is 1.00. The van der Waals surface area contributed by atoms with Crippen LogP contribution in [-0.2, 0) is 10.1 Å². The maximum absolute atomic E-state index is 11.4. The monoisotopic (exact) mass is 292 g/mol. The average molecular weight is 293 g/mol. The highest BCUT2D eigenvalue weighted by molar-refractivity contribution is 9.09. The highest BCUT2D eigenvalue weighted by Crippen LogP contribution is 2.20. The number of halogens is 1. The number of hydrogen-bond donors (Lipinski definition) is 0. The topological polar surface area (TPSA) is 60.4 Å². The first-order valence-electron chi connectivity index (χ1n) is 4.01. The summed E-state index contributed by atoms with van der Waals surface area (Å²) in [4.78, 5) is 11.4. The van der Waals surface area contributed by atoms with Gasteiger partial charge in [-0.1, -0.05) is 28.1 Å². The molecule has 1 aromatic rings. The zero-order valence-corrected chi connectivity index (χ0v) is 10.3. The van der Waals surface area contributed by atoms with Crippen LogP contribution < -0.4 is 4.18 Å². The molecule has 0 radical (unpaired) electrons. The maximum atomic E-state index is 11.4. The van der Waals surface area contributed by atoms with Gasteiger partial charge in [-0.15, -0.1) is 0 Å². The summed E-state index contributed by atoms with van der Waals surface area (Å²) in [5.74, 6) is -0.168. The molecule has 4 nitrogen and oxygen atoms in total. The Bertz CT molecular complexity index is 467. The van der Waals surface area contributed by atoms with Gasteiger partial charge in [-0.25, -0.2) is 0 Å². The van der Waals surface area contributed by atoms with Crippen molar-refractivity contribution in [1.29, 1.82) is 0 Å². The van der Waals surface area contributed by atoms with E-state index in [-0.39, 0.29) is 22.4 Å². The summed E-state index contributed by atoms with van der Waals surface area (Å²) in [6.07, 6.45) is 0.933. The minimum atomic E-state index is -3.61. The maximum Gasteiger partial charge on any atom is 0.306 e. The molecule has 82 valence electrons. The summed E-state index contributed by atoms with van der Waals surface area (Å²) < 4.78 is 26.5. The molecule has 1 aromatic carbocycles. The van der Waals surface area contributed by atoms with Crippen LogP contribution in [0.2, 0.25) is 0 Å². The summed E-state index contributed by atoms with van der Waals surface area (Å²) in [7, 11) is -3.61. The van der Waals surface area contributed by atoms with Crippen molar-refractivity contribution in [3.05, 3.63) is 29.8 Å². The second-order valence-electron chi connectivity index (χ2n) is 2.84. The van der Waals surface area contributed by atoms with Crippen LogP contribution in [0.3, 0.4) is 0 Å². The third-order valence-electron chi connectivity index (χ3n) is 1.55. The lowest BCUT2D eigenvalue weighted by Crippen LogP contribution is -2.10. The van der Waals surface area contributed by atoms with Crippen molar-refractivity contribution >= 4 is 31.8 Å². The molecule has 0 aliphatic rings. The molecule has 0 N–H and O–H groups in total. The van der Waals surface area contributed by atoms with E-state index in [1.54, 1.807) is 12.1 Å². The number of carbonyl (C=O) groups is 1. The van der Waals surface area contributed by atoms with E-state index in [9.17, 15) is 13.2 Å². The Balaban J connectivity index is 3.13. The number of hydrogen-bond acceptors (Lipinski definition) is 4. The number of benzene rings is 1. The zero-order chi connectivity index (χ0) is 11.5. The highest BCUT2D eigenvalue weighted by Gasteiger charge is 2.14. The summed E-state index contributed by atoms with van der Waals surface area (Å²) in [6, 6.07) is 6.21. The first-order chi connectivity index (χ1) is 6.94. The van der Waals surface area contributed by atoms with Crippen molar-refractivity contribution in [2.75, 3.05) is 11.6 Å². The van der Waals surface area contributed by atoms with E-state index in [0.717, 1.165) is 6.26 Å². The van der Waals surface area contributed by atoms with Gasteiger partial charge in [0.05, 0.1) is 17.1 Å². The van der Waals surface area contributed by atoms with E-state index in [2.05, 4.69) is 20.1 Å². The van der Waals surface area contributed by atoms with Crippen LogP contribution in [0.5, 0.6) is 5.75 Å². The van der Waals surface area contributed by atoms with Crippen molar-refractivity contribution in [3.8, 4) is 5.75 Å².